The van der Waals surface area contributed by atoms with Crippen molar-refractivity contribution >= 4 is 11.8 Å². The molecule has 1 unspecified atom stereocenters. The summed E-state index contributed by atoms with van der Waals surface area (Å²) in [5.74, 6) is 2.53. The smallest absolute Gasteiger partial charge is 0.191 e. The Morgan fingerprint density at radius 1 is 1.00 bits per heavy atom. The molecule has 31 heavy (non-hydrogen) atoms. The molecule has 1 aromatic carbocycles. The summed E-state index contributed by atoms with van der Waals surface area (Å²) in [6.07, 6.45) is 3.08. The molecule has 1 atom stereocenters. The molecule has 1 aromatic heterocycles. The first-order valence-corrected chi connectivity index (χ1v) is 11.4. The van der Waals surface area contributed by atoms with Gasteiger partial charge in [0.1, 0.15) is 5.82 Å². The highest BCUT2D eigenvalue weighted by molar-refractivity contribution is 5.80. The van der Waals surface area contributed by atoms with Gasteiger partial charge in [-0.1, -0.05) is 44.2 Å². The molecule has 0 saturated carbocycles. The second-order valence-electron chi connectivity index (χ2n) is 8.95. The summed E-state index contributed by atoms with van der Waals surface area (Å²) < 4.78 is 0. The van der Waals surface area contributed by atoms with Gasteiger partial charge in [0, 0.05) is 46.0 Å². The Bertz CT molecular complexity index is 820. The average molecular weight is 423 g/mol. The summed E-state index contributed by atoms with van der Waals surface area (Å²) in [4.78, 5) is 13.8. The topological polar surface area (TPSA) is 55.8 Å². The number of aromatic nitrogens is 1. The number of nitrogens with zero attached hydrogens (tertiary/aromatic N) is 4. The van der Waals surface area contributed by atoms with Crippen LogP contribution in [0.4, 0.5) is 5.82 Å². The minimum Gasteiger partial charge on any atom is -0.354 e. The Labute approximate surface area is 187 Å². The van der Waals surface area contributed by atoms with E-state index in [9.17, 15) is 0 Å². The molecule has 3 rings (SSSR count). The molecule has 0 aliphatic carbocycles. The third kappa shape index (κ3) is 6.96. The predicted octanol–water partition coefficient (Wildman–Crippen LogP) is 3.46. The van der Waals surface area contributed by atoms with E-state index in [0.717, 1.165) is 49.9 Å². The van der Waals surface area contributed by atoms with E-state index in [1.807, 2.05) is 13.2 Å². The van der Waals surface area contributed by atoms with Gasteiger partial charge in [0.2, 0.25) is 0 Å². The summed E-state index contributed by atoms with van der Waals surface area (Å²) >= 11 is 0. The average Bonchev–Trinajstić information content (AvgIpc) is 2.77. The van der Waals surface area contributed by atoms with E-state index in [-0.39, 0.29) is 6.04 Å². The Hall–Kier alpha value is -2.60. The van der Waals surface area contributed by atoms with Crippen molar-refractivity contribution in [2.24, 2.45) is 10.9 Å². The number of guanidine groups is 1. The van der Waals surface area contributed by atoms with Crippen molar-refractivity contribution in [3.63, 3.8) is 0 Å². The second kappa shape index (κ2) is 11.1. The lowest BCUT2D eigenvalue weighted by atomic mass is 10.00. The zero-order valence-electron chi connectivity index (χ0n) is 19.7. The number of likely N-dealkylation sites (N-methyl/N-ethyl adjacent to an activating group) is 1. The van der Waals surface area contributed by atoms with Gasteiger partial charge in [0.05, 0.1) is 6.04 Å². The molecule has 1 fully saturated rings. The zero-order valence-corrected chi connectivity index (χ0v) is 19.7. The molecule has 1 aliphatic rings. The van der Waals surface area contributed by atoms with Crippen LogP contribution >= 0.6 is 0 Å². The molecule has 0 radical (unpaired) electrons. The van der Waals surface area contributed by atoms with Gasteiger partial charge in [-0.25, -0.2) is 4.98 Å². The van der Waals surface area contributed by atoms with E-state index in [1.54, 1.807) is 0 Å². The van der Waals surface area contributed by atoms with Crippen LogP contribution in [0, 0.1) is 5.92 Å². The molecule has 0 bridgehead atoms. The van der Waals surface area contributed by atoms with E-state index in [0.29, 0.717) is 12.5 Å². The summed E-state index contributed by atoms with van der Waals surface area (Å²) in [5.41, 5.74) is 3.79. The standard InChI is InChI=1S/C25H38N6/c1-19(2)16-21-6-9-23(10-7-21)20(3)29-25(26-4)28-18-22-8-11-24(27-17-22)31-14-12-30(5)13-15-31/h6-11,17,19-20H,12-16,18H2,1-5H3,(H2,26,28,29). The van der Waals surface area contributed by atoms with Crippen LogP contribution in [0.15, 0.2) is 47.6 Å². The number of nitrogens with one attached hydrogen (secondary N) is 2. The lowest BCUT2D eigenvalue weighted by Crippen LogP contribution is -2.44. The Morgan fingerprint density at radius 3 is 2.26 bits per heavy atom. The zero-order chi connectivity index (χ0) is 22.2. The van der Waals surface area contributed by atoms with Crippen LogP contribution in [0.25, 0.3) is 0 Å². The van der Waals surface area contributed by atoms with Gasteiger partial charge >= 0.3 is 0 Å². The third-order valence-electron chi connectivity index (χ3n) is 5.80. The fraction of sp³-hybridized carbons (Fsp3) is 0.520. The van der Waals surface area contributed by atoms with Crippen LogP contribution in [0.3, 0.4) is 0 Å². The first-order chi connectivity index (χ1) is 14.9. The van der Waals surface area contributed by atoms with Crippen LogP contribution in [-0.4, -0.2) is 56.1 Å². The SMILES string of the molecule is CN=C(NCc1ccc(N2CCN(C)CC2)nc1)NC(C)c1ccc(CC(C)C)cc1. The first-order valence-electron chi connectivity index (χ1n) is 11.4. The first kappa shape index (κ1) is 23.1. The van der Waals surface area contributed by atoms with Gasteiger partial charge in [0.15, 0.2) is 5.96 Å². The fourth-order valence-corrected chi connectivity index (χ4v) is 3.83. The van der Waals surface area contributed by atoms with Crippen LogP contribution in [0.1, 0.15) is 43.5 Å². The Balaban J connectivity index is 1.49. The maximum atomic E-state index is 4.68. The third-order valence-corrected chi connectivity index (χ3v) is 5.80. The van der Waals surface area contributed by atoms with Gasteiger partial charge in [-0.2, -0.15) is 0 Å². The van der Waals surface area contributed by atoms with Crippen molar-refractivity contribution < 1.29 is 0 Å². The van der Waals surface area contributed by atoms with Crippen molar-refractivity contribution in [1.82, 2.24) is 20.5 Å². The van der Waals surface area contributed by atoms with Gasteiger partial charge in [-0.3, -0.25) is 4.99 Å². The van der Waals surface area contributed by atoms with E-state index < -0.39 is 0 Å². The van der Waals surface area contributed by atoms with E-state index in [1.165, 1.54) is 11.1 Å². The second-order valence-corrected chi connectivity index (χ2v) is 8.95. The molecule has 1 aliphatic heterocycles. The minimum absolute atomic E-state index is 0.178. The van der Waals surface area contributed by atoms with Crippen molar-refractivity contribution in [2.75, 3.05) is 45.2 Å². The molecular formula is C25H38N6. The summed E-state index contributed by atoms with van der Waals surface area (Å²) in [6.45, 7) is 11.6. The van der Waals surface area contributed by atoms with Crippen molar-refractivity contribution in [3.8, 4) is 0 Å². The maximum Gasteiger partial charge on any atom is 0.191 e. The van der Waals surface area contributed by atoms with Crippen molar-refractivity contribution in [2.45, 2.75) is 39.8 Å². The number of hydrogen-bond donors (Lipinski definition) is 2. The normalized spacial score (nSPS) is 16.5. The summed E-state index contributed by atoms with van der Waals surface area (Å²) in [5, 5.41) is 6.89. The van der Waals surface area contributed by atoms with Gasteiger partial charge in [0.25, 0.3) is 0 Å². The van der Waals surface area contributed by atoms with Crippen LogP contribution in [0.5, 0.6) is 0 Å². The quantitative estimate of drug-likeness (QED) is 0.529. The van der Waals surface area contributed by atoms with Crippen molar-refractivity contribution in [1.29, 1.82) is 0 Å². The molecule has 168 valence electrons. The maximum absolute atomic E-state index is 4.68. The molecule has 2 heterocycles. The van der Waals surface area contributed by atoms with E-state index in [4.69, 9.17) is 0 Å². The lowest BCUT2D eigenvalue weighted by Gasteiger charge is -2.33. The van der Waals surface area contributed by atoms with Gasteiger partial charge in [-0.15, -0.1) is 0 Å². The van der Waals surface area contributed by atoms with Gasteiger partial charge in [-0.05, 0) is 49.1 Å². The molecule has 6 heteroatoms. The monoisotopic (exact) mass is 422 g/mol. The predicted molar refractivity (Wildman–Crippen MR) is 131 cm³/mol. The molecule has 2 N–H and O–H groups in total. The van der Waals surface area contributed by atoms with E-state index >= 15 is 0 Å². The van der Waals surface area contributed by atoms with Crippen LogP contribution in [0.2, 0.25) is 0 Å². The largest absolute Gasteiger partial charge is 0.354 e. The number of hydrogen-bond acceptors (Lipinski definition) is 4. The molecular weight excluding hydrogens is 384 g/mol. The lowest BCUT2D eigenvalue weighted by molar-refractivity contribution is 0.312. The summed E-state index contributed by atoms with van der Waals surface area (Å²) in [6, 6.07) is 13.3. The Morgan fingerprint density at radius 2 is 1.68 bits per heavy atom. The highest BCUT2D eigenvalue weighted by atomic mass is 15.3. The highest BCUT2D eigenvalue weighted by Crippen LogP contribution is 2.16. The van der Waals surface area contributed by atoms with Gasteiger partial charge < -0.3 is 20.4 Å². The Kier molecular flexibility index (Phi) is 8.29. The van der Waals surface area contributed by atoms with E-state index in [2.05, 4.69) is 94.6 Å². The highest BCUT2D eigenvalue weighted by Gasteiger charge is 2.15. The molecule has 2 aromatic rings. The minimum atomic E-state index is 0.178. The number of anilines is 1. The molecule has 1 saturated heterocycles. The van der Waals surface area contributed by atoms with Crippen LogP contribution in [-0.2, 0) is 13.0 Å². The number of pyridine rings is 1. The van der Waals surface area contributed by atoms with Crippen molar-refractivity contribution in [3.05, 3.63) is 59.3 Å². The number of rotatable bonds is 7. The molecule has 0 spiro atoms. The molecule has 6 nitrogen and oxygen atoms in total. The van der Waals surface area contributed by atoms with Crippen LogP contribution < -0.4 is 15.5 Å². The summed E-state index contributed by atoms with van der Waals surface area (Å²) in [7, 11) is 3.98. The number of piperazine rings is 1. The number of benzene rings is 1. The number of aliphatic imine (C=N–C) groups is 1. The molecule has 0 amide bonds. The fourth-order valence-electron chi connectivity index (χ4n) is 3.83.